The zero-order valence-electron chi connectivity index (χ0n) is 11.7. The molecule has 0 aromatic heterocycles. The highest BCUT2D eigenvalue weighted by molar-refractivity contribution is 5.16. The fourth-order valence-electron chi connectivity index (χ4n) is 1.60. The lowest BCUT2D eigenvalue weighted by atomic mass is 10.1. The first kappa shape index (κ1) is 16.7. The topological polar surface area (TPSA) is 0 Å². The largest absolute Gasteiger partial charge is 0.0845 e. The Morgan fingerprint density at radius 3 is 1.89 bits per heavy atom. The van der Waals surface area contributed by atoms with Crippen molar-refractivity contribution in [3.8, 4) is 0 Å². The summed E-state index contributed by atoms with van der Waals surface area (Å²) in [5.41, 5.74) is 0. The van der Waals surface area contributed by atoms with Crippen LogP contribution in [0.2, 0.25) is 0 Å². The molecule has 0 aliphatic heterocycles. The SMILES string of the molecule is [CH]=C/C=C/C=C/C=C/C=C/CCCCCCCC. The molecule has 0 N–H and O–H groups in total. The first-order chi connectivity index (χ1) is 8.91. The maximum atomic E-state index is 5.20. The van der Waals surface area contributed by atoms with Crippen LogP contribution in [0.5, 0.6) is 0 Å². The van der Waals surface area contributed by atoms with Crippen LogP contribution < -0.4 is 0 Å². The van der Waals surface area contributed by atoms with Crippen molar-refractivity contribution in [2.45, 2.75) is 51.9 Å². The van der Waals surface area contributed by atoms with Crippen LogP contribution in [0.1, 0.15) is 51.9 Å². The summed E-state index contributed by atoms with van der Waals surface area (Å²) in [5, 5.41) is 0. The van der Waals surface area contributed by atoms with Crippen molar-refractivity contribution in [2.75, 3.05) is 0 Å². The second-order valence-electron chi connectivity index (χ2n) is 4.33. The van der Waals surface area contributed by atoms with Gasteiger partial charge >= 0.3 is 0 Å². The van der Waals surface area contributed by atoms with E-state index in [0.29, 0.717) is 0 Å². The van der Waals surface area contributed by atoms with E-state index in [1.165, 1.54) is 51.0 Å². The van der Waals surface area contributed by atoms with E-state index in [4.69, 9.17) is 6.58 Å². The summed E-state index contributed by atoms with van der Waals surface area (Å²) in [5.74, 6) is 0. The summed E-state index contributed by atoms with van der Waals surface area (Å²) >= 11 is 0. The molecule has 0 heteroatoms. The molecule has 0 heterocycles. The van der Waals surface area contributed by atoms with E-state index in [1.807, 2.05) is 24.3 Å². The maximum Gasteiger partial charge on any atom is -0.0348 e. The lowest BCUT2D eigenvalue weighted by Crippen LogP contribution is -1.77. The van der Waals surface area contributed by atoms with Crippen LogP contribution in [0.4, 0.5) is 0 Å². The molecule has 0 aliphatic rings. The second kappa shape index (κ2) is 15.7. The van der Waals surface area contributed by atoms with Crippen LogP contribution in [-0.2, 0) is 0 Å². The normalized spacial score (nSPS) is 12.5. The Bertz CT molecular complexity index is 276. The predicted molar refractivity (Wildman–Crippen MR) is 83.4 cm³/mol. The van der Waals surface area contributed by atoms with Gasteiger partial charge in [-0.25, -0.2) is 0 Å². The van der Waals surface area contributed by atoms with Crippen molar-refractivity contribution in [3.63, 3.8) is 0 Å². The standard InChI is InChI=1S/C18H27/c1-3-5-7-9-11-13-15-17-18-16-14-12-10-8-6-4-2/h1,3,5,7,9,11,13,15,17-18H,4,6,8,10,12,14,16H2,2H3/b3-1?,7-5+,11-9+,15-13+,18-17+. The minimum atomic E-state index is 1.20. The van der Waals surface area contributed by atoms with E-state index < -0.39 is 0 Å². The van der Waals surface area contributed by atoms with E-state index in [0.717, 1.165) is 0 Å². The van der Waals surface area contributed by atoms with Crippen LogP contribution in [-0.4, -0.2) is 0 Å². The molecule has 0 aromatic carbocycles. The summed E-state index contributed by atoms with van der Waals surface area (Å²) in [4.78, 5) is 0. The van der Waals surface area contributed by atoms with Crippen LogP contribution in [0.3, 0.4) is 0 Å². The Hall–Kier alpha value is -1.30. The van der Waals surface area contributed by atoms with Gasteiger partial charge in [0.1, 0.15) is 0 Å². The lowest BCUT2D eigenvalue weighted by Gasteiger charge is -1.97. The molecule has 0 unspecified atom stereocenters. The molecule has 0 amide bonds. The summed E-state index contributed by atoms with van der Waals surface area (Å²) < 4.78 is 0. The summed E-state index contributed by atoms with van der Waals surface area (Å²) in [7, 11) is 0. The zero-order valence-corrected chi connectivity index (χ0v) is 11.7. The van der Waals surface area contributed by atoms with E-state index in [2.05, 4.69) is 25.2 Å². The van der Waals surface area contributed by atoms with Gasteiger partial charge in [-0.05, 0) is 12.8 Å². The molecule has 0 saturated carbocycles. The van der Waals surface area contributed by atoms with Crippen molar-refractivity contribution in [2.24, 2.45) is 0 Å². The van der Waals surface area contributed by atoms with Crippen LogP contribution in [0.15, 0.2) is 54.7 Å². The van der Waals surface area contributed by atoms with Gasteiger partial charge in [-0.2, -0.15) is 0 Å². The Labute approximate surface area is 113 Å². The summed E-state index contributed by atoms with van der Waals surface area (Å²) in [6.07, 6.45) is 27.0. The quantitative estimate of drug-likeness (QED) is 0.310. The summed E-state index contributed by atoms with van der Waals surface area (Å²) in [6, 6.07) is 0. The van der Waals surface area contributed by atoms with E-state index in [1.54, 1.807) is 6.08 Å². The number of allylic oxidation sites excluding steroid dienone is 9. The molecule has 99 valence electrons. The Morgan fingerprint density at radius 2 is 1.22 bits per heavy atom. The zero-order chi connectivity index (χ0) is 13.3. The third-order valence-corrected chi connectivity index (χ3v) is 2.64. The van der Waals surface area contributed by atoms with Crippen LogP contribution in [0.25, 0.3) is 0 Å². The molecule has 0 bridgehead atoms. The Morgan fingerprint density at radius 1 is 0.667 bits per heavy atom. The van der Waals surface area contributed by atoms with E-state index >= 15 is 0 Å². The molecule has 0 spiro atoms. The highest BCUT2D eigenvalue weighted by Gasteiger charge is 1.87. The molecule has 0 aliphatic carbocycles. The number of hydrogen-bond acceptors (Lipinski definition) is 0. The van der Waals surface area contributed by atoms with Crippen molar-refractivity contribution in [1.29, 1.82) is 0 Å². The van der Waals surface area contributed by atoms with Crippen LogP contribution >= 0.6 is 0 Å². The fourth-order valence-corrected chi connectivity index (χ4v) is 1.60. The first-order valence-corrected chi connectivity index (χ1v) is 7.12. The van der Waals surface area contributed by atoms with Gasteiger partial charge < -0.3 is 0 Å². The maximum absolute atomic E-state index is 5.20. The molecular weight excluding hydrogens is 216 g/mol. The van der Waals surface area contributed by atoms with Gasteiger partial charge in [0.15, 0.2) is 0 Å². The number of hydrogen-bond donors (Lipinski definition) is 0. The number of unbranched alkanes of at least 4 members (excludes halogenated alkanes) is 6. The van der Waals surface area contributed by atoms with Gasteiger partial charge in [0, 0.05) is 0 Å². The lowest BCUT2D eigenvalue weighted by molar-refractivity contribution is 0.611. The van der Waals surface area contributed by atoms with E-state index in [-0.39, 0.29) is 0 Å². The molecule has 0 nitrogen and oxygen atoms in total. The van der Waals surface area contributed by atoms with Crippen LogP contribution in [0, 0.1) is 6.58 Å². The molecule has 0 aromatic rings. The molecule has 1 radical (unpaired) electrons. The van der Waals surface area contributed by atoms with Crippen molar-refractivity contribution < 1.29 is 0 Å². The molecule has 0 rings (SSSR count). The third kappa shape index (κ3) is 14.7. The highest BCUT2D eigenvalue weighted by Crippen LogP contribution is 2.07. The van der Waals surface area contributed by atoms with Gasteiger partial charge in [-0.1, -0.05) is 100 Å². The third-order valence-electron chi connectivity index (χ3n) is 2.64. The smallest absolute Gasteiger partial charge is 0.0348 e. The second-order valence-corrected chi connectivity index (χ2v) is 4.33. The van der Waals surface area contributed by atoms with Gasteiger partial charge in [0.05, 0.1) is 0 Å². The average molecular weight is 243 g/mol. The summed E-state index contributed by atoms with van der Waals surface area (Å²) in [6.45, 7) is 7.46. The van der Waals surface area contributed by atoms with Crippen molar-refractivity contribution >= 4 is 0 Å². The van der Waals surface area contributed by atoms with Crippen molar-refractivity contribution in [3.05, 3.63) is 61.3 Å². The number of rotatable bonds is 11. The van der Waals surface area contributed by atoms with Gasteiger partial charge in [0.2, 0.25) is 0 Å². The fraction of sp³-hybridized carbons (Fsp3) is 0.444. The Balaban J connectivity index is 3.37. The molecule has 0 saturated heterocycles. The minimum absolute atomic E-state index is 1.20. The molecule has 0 fully saturated rings. The van der Waals surface area contributed by atoms with Gasteiger partial charge in [-0.15, -0.1) is 0 Å². The average Bonchev–Trinajstić information content (AvgIpc) is 2.39. The van der Waals surface area contributed by atoms with Crippen molar-refractivity contribution in [1.82, 2.24) is 0 Å². The first-order valence-electron chi connectivity index (χ1n) is 7.12. The highest BCUT2D eigenvalue weighted by atomic mass is 13.9. The monoisotopic (exact) mass is 243 g/mol. The minimum Gasteiger partial charge on any atom is -0.0845 e. The van der Waals surface area contributed by atoms with Gasteiger partial charge in [0.25, 0.3) is 0 Å². The molecule has 0 atom stereocenters. The molecule has 18 heavy (non-hydrogen) atoms. The van der Waals surface area contributed by atoms with E-state index in [9.17, 15) is 0 Å². The van der Waals surface area contributed by atoms with Gasteiger partial charge in [-0.3, -0.25) is 0 Å². The predicted octanol–water partition coefficient (Wildman–Crippen LogP) is 5.95. The Kier molecular flexibility index (Phi) is 14.6. The molecular formula is C18H27.